The molecule has 0 saturated carbocycles. The molecule has 0 saturated heterocycles. The minimum atomic E-state index is -1.14. The van der Waals surface area contributed by atoms with Crippen LogP contribution in [0.4, 0.5) is 0 Å². The van der Waals surface area contributed by atoms with E-state index in [1.54, 1.807) is 30.3 Å². The topological polar surface area (TPSA) is 75.1 Å². The molecule has 0 bridgehead atoms. The van der Waals surface area contributed by atoms with E-state index in [4.69, 9.17) is 5.11 Å². The molecule has 2 rings (SSSR count). The molecule has 0 aliphatic heterocycles. The summed E-state index contributed by atoms with van der Waals surface area (Å²) in [5.74, 6) is -1.14. The van der Waals surface area contributed by atoms with Gasteiger partial charge in [-0.3, -0.25) is 4.57 Å². The summed E-state index contributed by atoms with van der Waals surface area (Å²) in [6.07, 6.45) is 1.18. The van der Waals surface area contributed by atoms with E-state index in [1.807, 2.05) is 0 Å². The second-order valence-electron chi connectivity index (χ2n) is 2.96. The predicted octanol–water partition coefficient (Wildman–Crippen LogP) is 0.864. The molecule has 1 aromatic carbocycles. The summed E-state index contributed by atoms with van der Waals surface area (Å²) in [5, 5.41) is 8.86. The standard InChI is InChI=1S/C10H8N2O3/c13-9(14)8-6-11-10(15)12(8)7-4-2-1-3-5-7/h1-6H,(H,11,15)(H,13,14). The minimum Gasteiger partial charge on any atom is -0.477 e. The molecule has 0 aliphatic rings. The molecule has 0 aliphatic carbocycles. The summed E-state index contributed by atoms with van der Waals surface area (Å²) < 4.78 is 1.11. The van der Waals surface area contributed by atoms with Crippen LogP contribution in [-0.2, 0) is 0 Å². The molecule has 1 aromatic heterocycles. The molecule has 2 aromatic rings. The van der Waals surface area contributed by atoms with Crippen molar-refractivity contribution in [1.29, 1.82) is 0 Å². The zero-order valence-electron chi connectivity index (χ0n) is 7.68. The Kier molecular flexibility index (Phi) is 2.13. The molecule has 5 nitrogen and oxygen atoms in total. The monoisotopic (exact) mass is 204 g/mol. The van der Waals surface area contributed by atoms with Gasteiger partial charge in [-0.2, -0.15) is 0 Å². The third-order valence-electron chi connectivity index (χ3n) is 2.01. The molecule has 0 fully saturated rings. The molecule has 0 atom stereocenters. The van der Waals surface area contributed by atoms with Gasteiger partial charge in [-0.15, -0.1) is 0 Å². The van der Waals surface area contributed by atoms with Crippen molar-refractivity contribution in [3.05, 3.63) is 52.7 Å². The van der Waals surface area contributed by atoms with E-state index in [0.29, 0.717) is 5.69 Å². The Balaban J connectivity index is 2.67. The van der Waals surface area contributed by atoms with Gasteiger partial charge >= 0.3 is 11.7 Å². The van der Waals surface area contributed by atoms with Crippen LogP contribution >= 0.6 is 0 Å². The second-order valence-corrected chi connectivity index (χ2v) is 2.96. The number of benzene rings is 1. The lowest BCUT2D eigenvalue weighted by molar-refractivity contribution is 0.0688. The number of hydrogen-bond donors (Lipinski definition) is 2. The fraction of sp³-hybridized carbons (Fsp3) is 0. The first-order valence-corrected chi connectivity index (χ1v) is 4.29. The van der Waals surface area contributed by atoms with Gasteiger partial charge in [0.1, 0.15) is 0 Å². The Labute approximate surface area is 84.6 Å². The Morgan fingerprint density at radius 1 is 1.27 bits per heavy atom. The van der Waals surface area contributed by atoms with Gasteiger partial charge in [0.2, 0.25) is 0 Å². The largest absolute Gasteiger partial charge is 0.477 e. The second kappa shape index (κ2) is 3.45. The SMILES string of the molecule is O=C(O)c1c[nH]c(=O)n1-c1ccccc1. The van der Waals surface area contributed by atoms with Crippen molar-refractivity contribution in [1.82, 2.24) is 9.55 Å². The third kappa shape index (κ3) is 1.54. The number of nitrogens with one attached hydrogen (secondary N) is 1. The maximum absolute atomic E-state index is 11.4. The van der Waals surface area contributed by atoms with Crippen LogP contribution in [0, 0.1) is 0 Å². The van der Waals surface area contributed by atoms with Crippen LogP contribution in [0.1, 0.15) is 10.5 Å². The van der Waals surface area contributed by atoms with E-state index in [9.17, 15) is 9.59 Å². The zero-order valence-corrected chi connectivity index (χ0v) is 7.68. The van der Waals surface area contributed by atoms with E-state index in [2.05, 4.69) is 4.98 Å². The van der Waals surface area contributed by atoms with Crippen LogP contribution in [0.2, 0.25) is 0 Å². The molecule has 0 amide bonds. The summed E-state index contributed by atoms with van der Waals surface area (Å²) in [5.41, 5.74) is -0.00838. The normalized spacial score (nSPS) is 10.1. The van der Waals surface area contributed by atoms with Gasteiger partial charge in [-0.05, 0) is 12.1 Å². The molecule has 76 valence electrons. The van der Waals surface area contributed by atoms with Crippen molar-refractivity contribution in [3.63, 3.8) is 0 Å². The van der Waals surface area contributed by atoms with Gasteiger partial charge in [-0.1, -0.05) is 18.2 Å². The van der Waals surface area contributed by atoms with Crippen LogP contribution in [0.15, 0.2) is 41.3 Å². The summed E-state index contributed by atoms with van der Waals surface area (Å²) in [4.78, 5) is 24.6. The van der Waals surface area contributed by atoms with Crippen molar-refractivity contribution >= 4 is 5.97 Å². The smallest absolute Gasteiger partial charge is 0.354 e. The summed E-state index contributed by atoms with van der Waals surface area (Å²) in [6.45, 7) is 0. The molecule has 2 N–H and O–H groups in total. The van der Waals surface area contributed by atoms with Crippen LogP contribution in [0.3, 0.4) is 0 Å². The third-order valence-corrected chi connectivity index (χ3v) is 2.01. The summed E-state index contributed by atoms with van der Waals surface area (Å²) in [7, 11) is 0. The molecule has 15 heavy (non-hydrogen) atoms. The average Bonchev–Trinajstić information content (AvgIpc) is 2.61. The molecule has 0 unspecified atom stereocenters. The fourth-order valence-electron chi connectivity index (χ4n) is 1.36. The number of aromatic carboxylic acids is 1. The number of carboxylic acids is 1. The summed E-state index contributed by atoms with van der Waals surface area (Å²) >= 11 is 0. The van der Waals surface area contributed by atoms with Crippen LogP contribution in [0.25, 0.3) is 5.69 Å². The number of imidazole rings is 1. The Morgan fingerprint density at radius 3 is 2.53 bits per heavy atom. The first kappa shape index (κ1) is 9.26. The van der Waals surface area contributed by atoms with E-state index < -0.39 is 11.7 Å². The molecule has 0 radical (unpaired) electrons. The molecular weight excluding hydrogens is 196 g/mol. The van der Waals surface area contributed by atoms with E-state index in [-0.39, 0.29) is 5.69 Å². The van der Waals surface area contributed by atoms with Crippen molar-refractivity contribution < 1.29 is 9.90 Å². The van der Waals surface area contributed by atoms with Crippen molar-refractivity contribution in [3.8, 4) is 5.69 Å². The van der Waals surface area contributed by atoms with E-state index >= 15 is 0 Å². The quantitative estimate of drug-likeness (QED) is 0.761. The lowest BCUT2D eigenvalue weighted by Gasteiger charge is -2.02. The van der Waals surface area contributed by atoms with Crippen LogP contribution in [0.5, 0.6) is 0 Å². The van der Waals surface area contributed by atoms with Gasteiger partial charge in [0.15, 0.2) is 5.69 Å². The molecular formula is C10H8N2O3. The number of rotatable bonds is 2. The highest BCUT2D eigenvalue weighted by Gasteiger charge is 2.13. The number of aromatic amines is 1. The average molecular weight is 204 g/mol. The van der Waals surface area contributed by atoms with Gasteiger partial charge < -0.3 is 10.1 Å². The first-order chi connectivity index (χ1) is 7.20. The number of carbonyl (C=O) groups is 1. The zero-order chi connectivity index (χ0) is 10.8. The molecule has 1 heterocycles. The van der Waals surface area contributed by atoms with Crippen molar-refractivity contribution in [2.24, 2.45) is 0 Å². The maximum atomic E-state index is 11.4. The highest BCUT2D eigenvalue weighted by Crippen LogP contribution is 2.07. The van der Waals surface area contributed by atoms with Gasteiger partial charge in [0.25, 0.3) is 0 Å². The lowest BCUT2D eigenvalue weighted by atomic mass is 10.3. The van der Waals surface area contributed by atoms with E-state index in [0.717, 1.165) is 4.57 Å². The Hall–Kier alpha value is -2.30. The van der Waals surface area contributed by atoms with Crippen LogP contribution in [-0.4, -0.2) is 20.6 Å². The lowest BCUT2D eigenvalue weighted by Crippen LogP contribution is -2.18. The van der Waals surface area contributed by atoms with Crippen molar-refractivity contribution in [2.45, 2.75) is 0 Å². The fourth-order valence-corrected chi connectivity index (χ4v) is 1.36. The van der Waals surface area contributed by atoms with Crippen molar-refractivity contribution in [2.75, 3.05) is 0 Å². The Morgan fingerprint density at radius 2 is 1.93 bits per heavy atom. The summed E-state index contributed by atoms with van der Waals surface area (Å²) in [6, 6.07) is 8.60. The number of nitrogens with zero attached hydrogens (tertiary/aromatic N) is 1. The number of hydrogen-bond acceptors (Lipinski definition) is 2. The van der Waals surface area contributed by atoms with Gasteiger partial charge in [0.05, 0.1) is 5.69 Å². The number of H-pyrrole nitrogens is 1. The maximum Gasteiger partial charge on any atom is 0.354 e. The van der Waals surface area contributed by atoms with Gasteiger partial charge in [-0.25, -0.2) is 9.59 Å². The Bertz CT molecular complexity index is 539. The highest BCUT2D eigenvalue weighted by molar-refractivity contribution is 5.86. The van der Waals surface area contributed by atoms with E-state index in [1.165, 1.54) is 6.20 Å². The molecule has 5 heteroatoms. The van der Waals surface area contributed by atoms with Gasteiger partial charge in [0, 0.05) is 6.20 Å². The number of para-hydroxylation sites is 1. The highest BCUT2D eigenvalue weighted by atomic mass is 16.4. The predicted molar refractivity (Wildman–Crippen MR) is 53.3 cm³/mol. The minimum absolute atomic E-state index is 0.0776. The molecule has 0 spiro atoms. The number of aromatic nitrogens is 2. The van der Waals surface area contributed by atoms with Crippen LogP contribution < -0.4 is 5.69 Å². The first-order valence-electron chi connectivity index (χ1n) is 4.29. The number of carboxylic acid groups (broad SMARTS) is 1.